The summed E-state index contributed by atoms with van der Waals surface area (Å²) in [4.78, 5) is 23.0. The Kier molecular flexibility index (Phi) is 7.10. The predicted molar refractivity (Wildman–Crippen MR) is 140 cm³/mol. The van der Waals surface area contributed by atoms with Gasteiger partial charge in [-0.15, -0.1) is 0 Å². The van der Waals surface area contributed by atoms with Gasteiger partial charge in [0.25, 0.3) is 0 Å². The van der Waals surface area contributed by atoms with Crippen LogP contribution in [0.1, 0.15) is 44.1 Å². The number of carbonyl (C=O) groups is 1. The summed E-state index contributed by atoms with van der Waals surface area (Å²) in [5.41, 5.74) is 1.62. The highest BCUT2D eigenvalue weighted by Gasteiger charge is 2.43. The van der Waals surface area contributed by atoms with Crippen molar-refractivity contribution in [2.75, 3.05) is 41.9 Å². The first kappa shape index (κ1) is 27.2. The number of likely N-dealkylation sites (tertiary alicyclic amines) is 1. The normalized spacial score (nSPS) is 25.3. The van der Waals surface area contributed by atoms with Crippen LogP contribution in [0, 0.1) is 17.6 Å². The average molecular weight is 566 g/mol. The molecule has 3 saturated heterocycles. The van der Waals surface area contributed by atoms with E-state index in [4.69, 9.17) is 4.74 Å². The van der Waals surface area contributed by atoms with Crippen molar-refractivity contribution in [1.82, 2.24) is 9.88 Å². The monoisotopic (exact) mass is 565 g/mol. The van der Waals surface area contributed by atoms with Gasteiger partial charge in [0.1, 0.15) is 17.5 Å². The Balaban J connectivity index is 1.34. The Morgan fingerprint density at radius 3 is 2.40 bits per heavy atom. The molecule has 1 aromatic heterocycles. The quantitative estimate of drug-likeness (QED) is 0.503. The van der Waals surface area contributed by atoms with Crippen molar-refractivity contribution in [2.24, 2.45) is 5.92 Å². The molecule has 2 aromatic rings. The number of nitrogens with zero attached hydrogens (tertiary/aromatic N) is 4. The molecule has 0 spiro atoms. The van der Waals surface area contributed by atoms with Crippen LogP contribution in [-0.4, -0.2) is 66.9 Å². The van der Waals surface area contributed by atoms with Crippen LogP contribution in [0.4, 0.5) is 44.8 Å². The number of carbonyl (C=O) groups excluding carboxylic acids is 1. The number of pyridine rings is 1. The van der Waals surface area contributed by atoms with E-state index in [0.717, 1.165) is 31.9 Å². The number of anilines is 4. The molecule has 3 atom stereocenters. The number of amides is 1. The first-order valence-electron chi connectivity index (χ1n) is 13.8. The Morgan fingerprint density at radius 2 is 1.75 bits per heavy atom. The lowest BCUT2D eigenvalue weighted by atomic mass is 9.94. The Labute approximate surface area is 229 Å². The number of piperidine rings is 2. The molecule has 0 saturated carbocycles. The number of ether oxygens (including phenoxy) is 1. The van der Waals surface area contributed by atoms with Gasteiger partial charge in [0.05, 0.1) is 42.5 Å². The maximum absolute atomic E-state index is 15.8. The van der Waals surface area contributed by atoms with Crippen LogP contribution in [0.3, 0.4) is 0 Å². The minimum atomic E-state index is -4.30. The first-order valence-corrected chi connectivity index (χ1v) is 13.8. The van der Waals surface area contributed by atoms with E-state index in [0.29, 0.717) is 28.4 Å². The number of methoxy groups -OCH3 is 1. The highest BCUT2D eigenvalue weighted by molar-refractivity contribution is 6.00. The van der Waals surface area contributed by atoms with Gasteiger partial charge in [-0.3, -0.25) is 9.69 Å². The summed E-state index contributed by atoms with van der Waals surface area (Å²) in [7, 11) is 1.69. The van der Waals surface area contributed by atoms with Gasteiger partial charge in [-0.25, -0.2) is 13.8 Å². The van der Waals surface area contributed by atoms with Crippen molar-refractivity contribution in [3.8, 4) is 0 Å². The fourth-order valence-electron chi connectivity index (χ4n) is 6.89. The van der Waals surface area contributed by atoms with Crippen molar-refractivity contribution in [1.29, 1.82) is 0 Å². The van der Waals surface area contributed by atoms with Crippen molar-refractivity contribution < 1.29 is 31.5 Å². The second kappa shape index (κ2) is 10.4. The zero-order valence-electron chi connectivity index (χ0n) is 22.2. The average Bonchev–Trinajstić information content (AvgIpc) is 3.07. The minimum absolute atomic E-state index is 0.00533. The summed E-state index contributed by atoms with van der Waals surface area (Å²) in [6, 6.07) is 4.57. The topological polar surface area (TPSA) is 60.9 Å². The number of rotatable bonds is 4. The summed E-state index contributed by atoms with van der Waals surface area (Å²) in [5, 5.41) is 3.09. The van der Waals surface area contributed by atoms with Gasteiger partial charge in [0.2, 0.25) is 5.91 Å². The molecule has 0 radical (unpaired) electrons. The van der Waals surface area contributed by atoms with Gasteiger partial charge < -0.3 is 19.9 Å². The molecule has 4 aliphatic rings. The number of nitrogens with one attached hydrogen (secondary N) is 1. The molecule has 3 fully saturated rings. The summed E-state index contributed by atoms with van der Waals surface area (Å²) in [5.74, 6) is -1.46. The number of benzene rings is 1. The lowest BCUT2D eigenvalue weighted by Crippen LogP contribution is -2.46. The molecule has 2 bridgehead atoms. The number of alkyl halides is 3. The standard InChI is InChI=1S/C28H32F5N5O2/c1-40-21-9-19-2-3-20(10-21)38(19)24-12-25-23(11-22(24)30)35-26-17(8-18(29)13-34-26)14-37(25)27(39)16-4-6-36(7-5-16)15-28(31,32)33/h8,11-13,16,19-21H,2-7,9-10,14-15H2,1H3,(H,34,35)/t19-,20+,21+. The van der Waals surface area contributed by atoms with Crippen LogP contribution in [0.15, 0.2) is 24.4 Å². The van der Waals surface area contributed by atoms with E-state index in [1.165, 1.54) is 21.9 Å². The summed E-state index contributed by atoms with van der Waals surface area (Å²) in [6.07, 6.45) is 0.838. The van der Waals surface area contributed by atoms with E-state index >= 15 is 4.39 Å². The maximum atomic E-state index is 15.8. The third-order valence-electron chi connectivity index (χ3n) is 8.78. The molecule has 7 nitrogen and oxygen atoms in total. The highest BCUT2D eigenvalue weighted by atomic mass is 19.4. The fourth-order valence-corrected chi connectivity index (χ4v) is 6.89. The smallest absolute Gasteiger partial charge is 0.381 e. The lowest BCUT2D eigenvalue weighted by Gasteiger charge is -2.41. The lowest BCUT2D eigenvalue weighted by molar-refractivity contribution is -0.149. The van der Waals surface area contributed by atoms with Gasteiger partial charge in [0, 0.05) is 36.7 Å². The van der Waals surface area contributed by atoms with Gasteiger partial charge in [0.15, 0.2) is 0 Å². The number of aromatic nitrogens is 1. The molecule has 1 aromatic carbocycles. The second-order valence-electron chi connectivity index (χ2n) is 11.3. The van der Waals surface area contributed by atoms with Crippen LogP contribution < -0.4 is 15.1 Å². The third-order valence-corrected chi connectivity index (χ3v) is 8.78. The highest BCUT2D eigenvalue weighted by Crippen LogP contribution is 2.46. The molecule has 0 aliphatic carbocycles. The van der Waals surface area contributed by atoms with E-state index in [1.54, 1.807) is 13.2 Å². The molecule has 0 unspecified atom stereocenters. The van der Waals surface area contributed by atoms with Crippen LogP contribution in [-0.2, 0) is 16.1 Å². The minimum Gasteiger partial charge on any atom is -0.381 e. The molecule has 5 heterocycles. The molecular weight excluding hydrogens is 533 g/mol. The fraction of sp³-hybridized carbons (Fsp3) is 0.571. The number of halogens is 5. The maximum Gasteiger partial charge on any atom is 0.401 e. The molecule has 216 valence electrons. The SMILES string of the molecule is CO[C@H]1C[C@H]2CC[C@@H](C1)N2c1cc2c(cc1F)Nc1ncc(F)cc1CN2C(=O)C1CCN(CC(F)(F)F)CC1. The predicted octanol–water partition coefficient (Wildman–Crippen LogP) is 5.37. The molecule has 4 aliphatic heterocycles. The van der Waals surface area contributed by atoms with E-state index in [2.05, 4.69) is 15.2 Å². The summed E-state index contributed by atoms with van der Waals surface area (Å²) < 4.78 is 74.2. The van der Waals surface area contributed by atoms with Crippen molar-refractivity contribution in [3.05, 3.63) is 41.6 Å². The third kappa shape index (κ3) is 5.23. The Bertz CT molecular complexity index is 1270. The van der Waals surface area contributed by atoms with Gasteiger partial charge in [-0.2, -0.15) is 13.2 Å². The molecule has 6 rings (SSSR count). The molecule has 12 heteroatoms. The van der Waals surface area contributed by atoms with Crippen LogP contribution in [0.2, 0.25) is 0 Å². The molecular formula is C28H32F5N5O2. The van der Waals surface area contributed by atoms with Crippen LogP contribution in [0.25, 0.3) is 0 Å². The van der Waals surface area contributed by atoms with E-state index in [-0.39, 0.29) is 56.6 Å². The van der Waals surface area contributed by atoms with Gasteiger partial charge in [-0.05, 0) is 63.7 Å². The summed E-state index contributed by atoms with van der Waals surface area (Å²) >= 11 is 0. The number of hydrogen-bond acceptors (Lipinski definition) is 6. The summed E-state index contributed by atoms with van der Waals surface area (Å²) in [6.45, 7) is -0.707. The molecule has 1 amide bonds. The zero-order chi connectivity index (χ0) is 28.2. The largest absolute Gasteiger partial charge is 0.401 e. The molecule has 40 heavy (non-hydrogen) atoms. The van der Waals surface area contributed by atoms with Gasteiger partial charge in [-0.1, -0.05) is 0 Å². The molecule has 1 N–H and O–H groups in total. The van der Waals surface area contributed by atoms with E-state index in [1.807, 2.05) is 0 Å². The first-order chi connectivity index (χ1) is 19.1. The second-order valence-corrected chi connectivity index (χ2v) is 11.3. The Hall–Kier alpha value is -2.99. The Morgan fingerprint density at radius 1 is 1.05 bits per heavy atom. The van der Waals surface area contributed by atoms with Crippen molar-refractivity contribution in [3.63, 3.8) is 0 Å². The number of hydrogen-bond donors (Lipinski definition) is 1. The van der Waals surface area contributed by atoms with Crippen molar-refractivity contribution >= 4 is 28.8 Å². The number of fused-ring (bicyclic) bond motifs is 4. The van der Waals surface area contributed by atoms with Gasteiger partial charge >= 0.3 is 6.18 Å². The van der Waals surface area contributed by atoms with Crippen LogP contribution in [0.5, 0.6) is 0 Å². The van der Waals surface area contributed by atoms with Crippen molar-refractivity contribution in [2.45, 2.75) is 69.4 Å². The zero-order valence-corrected chi connectivity index (χ0v) is 22.2. The van der Waals surface area contributed by atoms with E-state index < -0.39 is 30.3 Å². The van der Waals surface area contributed by atoms with E-state index in [9.17, 15) is 22.4 Å². The van der Waals surface area contributed by atoms with Crippen LogP contribution >= 0.6 is 0 Å².